The number of carbonyl (C=O) groups excluding carboxylic acids is 1. The Morgan fingerprint density at radius 2 is 2.00 bits per heavy atom. The number of benzene rings is 1. The summed E-state index contributed by atoms with van der Waals surface area (Å²) in [4.78, 5) is 18.7. The molecule has 1 aliphatic heterocycles. The molecule has 0 saturated carbocycles. The highest BCUT2D eigenvalue weighted by Gasteiger charge is 2.34. The molecular weight excluding hydrogens is 425 g/mol. The van der Waals surface area contributed by atoms with Crippen molar-refractivity contribution in [3.63, 3.8) is 0 Å². The van der Waals surface area contributed by atoms with Crippen molar-refractivity contribution in [3.8, 4) is 11.6 Å². The summed E-state index contributed by atoms with van der Waals surface area (Å²) in [6.45, 7) is 2.66. The number of alkyl halides is 3. The number of pyridine rings is 1. The molecule has 0 saturated heterocycles. The molecule has 2 aromatic heterocycles. The van der Waals surface area contributed by atoms with Crippen LogP contribution in [0.4, 0.5) is 13.2 Å². The number of hydrogen-bond acceptors (Lipinski definition) is 5. The van der Waals surface area contributed by atoms with E-state index >= 15 is 0 Å². The van der Waals surface area contributed by atoms with E-state index < -0.39 is 18.0 Å². The van der Waals surface area contributed by atoms with Gasteiger partial charge in [0.25, 0.3) is 5.91 Å². The first kappa shape index (κ1) is 21.7. The highest BCUT2D eigenvalue weighted by atomic mass is 19.4. The van der Waals surface area contributed by atoms with Gasteiger partial charge in [-0.15, -0.1) is 13.2 Å². The van der Waals surface area contributed by atoms with Gasteiger partial charge in [-0.1, -0.05) is 12.1 Å². The molecule has 1 aliphatic rings. The Morgan fingerprint density at radius 3 is 2.75 bits per heavy atom. The SMILES string of the molecule is Cc1ccnc(OCc2nn(C)c3c2CN(C(=O)c2ccccc2OC(F)(F)F)CC3)c1. The Kier molecular flexibility index (Phi) is 5.77. The fourth-order valence-electron chi connectivity index (χ4n) is 3.72. The Hall–Kier alpha value is -3.56. The summed E-state index contributed by atoms with van der Waals surface area (Å²) in [5, 5.41) is 4.51. The third-order valence-electron chi connectivity index (χ3n) is 5.20. The molecule has 3 heterocycles. The number of amides is 1. The largest absolute Gasteiger partial charge is 0.573 e. The fourth-order valence-corrected chi connectivity index (χ4v) is 3.72. The van der Waals surface area contributed by atoms with Gasteiger partial charge < -0.3 is 14.4 Å². The summed E-state index contributed by atoms with van der Waals surface area (Å²) >= 11 is 0. The second-order valence-corrected chi connectivity index (χ2v) is 7.48. The second-order valence-electron chi connectivity index (χ2n) is 7.48. The number of fused-ring (bicyclic) bond motifs is 1. The lowest BCUT2D eigenvalue weighted by Crippen LogP contribution is -2.37. The van der Waals surface area contributed by atoms with Gasteiger partial charge in [0.1, 0.15) is 18.1 Å². The Balaban J connectivity index is 1.54. The van der Waals surface area contributed by atoms with Crippen LogP contribution in [0, 0.1) is 6.92 Å². The first-order valence-corrected chi connectivity index (χ1v) is 9.94. The van der Waals surface area contributed by atoms with Gasteiger partial charge in [0, 0.05) is 50.1 Å². The van der Waals surface area contributed by atoms with Crippen LogP contribution >= 0.6 is 0 Å². The van der Waals surface area contributed by atoms with Crippen LogP contribution in [-0.2, 0) is 26.6 Å². The van der Waals surface area contributed by atoms with Gasteiger partial charge in [0.15, 0.2) is 0 Å². The van der Waals surface area contributed by atoms with Gasteiger partial charge >= 0.3 is 6.36 Å². The minimum absolute atomic E-state index is 0.140. The normalized spacial score (nSPS) is 13.6. The van der Waals surface area contributed by atoms with Crippen LogP contribution in [0.1, 0.15) is 32.9 Å². The fraction of sp³-hybridized carbons (Fsp3) is 0.318. The minimum Gasteiger partial charge on any atom is -0.471 e. The summed E-state index contributed by atoms with van der Waals surface area (Å²) in [6, 6.07) is 9.03. The molecule has 0 aliphatic carbocycles. The van der Waals surface area contributed by atoms with E-state index in [2.05, 4.69) is 14.8 Å². The quantitative estimate of drug-likeness (QED) is 0.596. The lowest BCUT2D eigenvalue weighted by Gasteiger charge is -2.28. The number of hydrogen-bond donors (Lipinski definition) is 0. The number of aromatic nitrogens is 3. The van der Waals surface area contributed by atoms with Gasteiger partial charge in [-0.2, -0.15) is 5.10 Å². The predicted molar refractivity (Wildman–Crippen MR) is 108 cm³/mol. The summed E-state index contributed by atoms with van der Waals surface area (Å²) in [5.41, 5.74) is 3.32. The van der Waals surface area contributed by atoms with Crippen molar-refractivity contribution in [3.05, 3.63) is 70.7 Å². The topological polar surface area (TPSA) is 69.5 Å². The molecule has 0 fully saturated rings. The zero-order chi connectivity index (χ0) is 22.9. The smallest absolute Gasteiger partial charge is 0.471 e. The number of aryl methyl sites for hydroxylation is 2. The van der Waals surface area contributed by atoms with Gasteiger partial charge in [-0.25, -0.2) is 4.98 Å². The highest BCUT2D eigenvalue weighted by Crippen LogP contribution is 2.30. The summed E-state index contributed by atoms with van der Waals surface area (Å²) < 4.78 is 49.8. The first-order chi connectivity index (χ1) is 15.2. The van der Waals surface area contributed by atoms with E-state index in [9.17, 15) is 18.0 Å². The second kappa shape index (κ2) is 8.52. The lowest BCUT2D eigenvalue weighted by molar-refractivity contribution is -0.274. The maximum absolute atomic E-state index is 13.1. The molecule has 1 amide bonds. The first-order valence-electron chi connectivity index (χ1n) is 9.94. The lowest BCUT2D eigenvalue weighted by atomic mass is 10.0. The molecule has 0 radical (unpaired) electrons. The van der Waals surface area contributed by atoms with E-state index in [4.69, 9.17) is 4.74 Å². The van der Waals surface area contributed by atoms with Crippen LogP contribution in [-0.4, -0.2) is 38.5 Å². The minimum atomic E-state index is -4.89. The van der Waals surface area contributed by atoms with E-state index in [1.807, 2.05) is 26.1 Å². The maximum atomic E-state index is 13.1. The summed E-state index contributed by atoms with van der Waals surface area (Å²) in [5.74, 6) is -0.589. The molecule has 0 unspecified atom stereocenters. The molecule has 0 N–H and O–H groups in total. The summed E-state index contributed by atoms with van der Waals surface area (Å²) in [7, 11) is 1.82. The standard InChI is InChI=1S/C22H21F3N4O3/c1-14-7-9-26-20(11-14)31-13-17-16-12-29(10-8-18(16)28(2)27-17)21(30)15-5-3-4-6-19(15)32-22(23,24)25/h3-7,9,11H,8,10,12-13H2,1-2H3. The number of halogens is 3. The van der Waals surface area contributed by atoms with E-state index in [1.165, 1.54) is 23.1 Å². The molecule has 32 heavy (non-hydrogen) atoms. The van der Waals surface area contributed by atoms with Crippen molar-refractivity contribution in [2.75, 3.05) is 6.54 Å². The highest BCUT2D eigenvalue weighted by molar-refractivity contribution is 5.97. The predicted octanol–water partition coefficient (Wildman–Crippen LogP) is 3.80. The molecular formula is C22H21F3N4O3. The average Bonchev–Trinajstić information content (AvgIpc) is 3.06. The number of ether oxygens (including phenoxy) is 2. The molecule has 168 valence electrons. The van der Waals surface area contributed by atoms with Gasteiger partial charge in [-0.3, -0.25) is 9.48 Å². The van der Waals surface area contributed by atoms with Crippen molar-refractivity contribution in [1.29, 1.82) is 0 Å². The number of para-hydroxylation sites is 1. The molecule has 0 spiro atoms. The van der Waals surface area contributed by atoms with Gasteiger partial charge in [-0.05, 0) is 30.7 Å². The number of nitrogens with zero attached hydrogens (tertiary/aromatic N) is 4. The van der Waals surface area contributed by atoms with Crippen molar-refractivity contribution in [2.45, 2.75) is 32.9 Å². The van der Waals surface area contributed by atoms with Crippen LogP contribution in [0.15, 0.2) is 42.6 Å². The van der Waals surface area contributed by atoms with Gasteiger partial charge in [0.05, 0.1) is 5.56 Å². The maximum Gasteiger partial charge on any atom is 0.573 e. The zero-order valence-electron chi connectivity index (χ0n) is 17.5. The monoisotopic (exact) mass is 446 g/mol. The molecule has 0 bridgehead atoms. The molecule has 7 nitrogen and oxygen atoms in total. The molecule has 3 aromatic rings. The summed E-state index contributed by atoms with van der Waals surface area (Å²) in [6.07, 6.45) is -2.71. The molecule has 0 atom stereocenters. The molecule has 10 heteroatoms. The number of carbonyl (C=O) groups is 1. The van der Waals surface area contributed by atoms with Crippen LogP contribution < -0.4 is 9.47 Å². The molecule has 4 rings (SSSR count). The third-order valence-corrected chi connectivity index (χ3v) is 5.20. The Labute approximate surface area is 182 Å². The Bertz CT molecular complexity index is 1140. The Morgan fingerprint density at radius 1 is 1.22 bits per heavy atom. The van der Waals surface area contributed by atoms with Crippen LogP contribution in [0.25, 0.3) is 0 Å². The van der Waals surface area contributed by atoms with Crippen LogP contribution in [0.5, 0.6) is 11.6 Å². The average molecular weight is 446 g/mol. The van der Waals surface area contributed by atoms with Crippen LogP contribution in [0.2, 0.25) is 0 Å². The van der Waals surface area contributed by atoms with Crippen molar-refractivity contribution >= 4 is 5.91 Å². The van der Waals surface area contributed by atoms with Crippen molar-refractivity contribution in [2.24, 2.45) is 7.05 Å². The third kappa shape index (κ3) is 4.68. The van der Waals surface area contributed by atoms with E-state index in [-0.39, 0.29) is 18.7 Å². The van der Waals surface area contributed by atoms with Gasteiger partial charge in [0.2, 0.25) is 5.88 Å². The van der Waals surface area contributed by atoms with E-state index in [0.717, 1.165) is 22.9 Å². The zero-order valence-corrected chi connectivity index (χ0v) is 17.5. The van der Waals surface area contributed by atoms with E-state index in [0.29, 0.717) is 24.5 Å². The van der Waals surface area contributed by atoms with E-state index in [1.54, 1.807) is 10.9 Å². The van der Waals surface area contributed by atoms with Crippen molar-refractivity contribution in [1.82, 2.24) is 19.7 Å². The molecule has 1 aromatic carbocycles. The van der Waals surface area contributed by atoms with Crippen LogP contribution in [0.3, 0.4) is 0 Å². The number of rotatable bonds is 5. The van der Waals surface area contributed by atoms with Crippen molar-refractivity contribution < 1.29 is 27.4 Å².